The SMILES string of the molecule is CC(C)c1nc2cc(C(=O)O)c(C(=O)O)cc2[nH]1. The molecular weight excluding hydrogens is 236 g/mol. The van der Waals surface area contributed by atoms with Gasteiger partial charge < -0.3 is 15.2 Å². The zero-order valence-corrected chi connectivity index (χ0v) is 9.89. The Bertz CT molecular complexity index is 592. The number of imidazole rings is 1. The maximum absolute atomic E-state index is 11.0. The van der Waals surface area contributed by atoms with Gasteiger partial charge in [0.25, 0.3) is 0 Å². The van der Waals surface area contributed by atoms with Crippen molar-refractivity contribution >= 4 is 23.0 Å². The minimum Gasteiger partial charge on any atom is -0.478 e. The third kappa shape index (κ3) is 1.92. The number of benzene rings is 1. The van der Waals surface area contributed by atoms with E-state index < -0.39 is 11.9 Å². The standard InChI is InChI=1S/C12H12N2O4/c1-5(2)10-13-8-3-6(11(15)16)7(12(17)18)4-9(8)14-10/h3-5H,1-2H3,(H,13,14)(H,15,16)(H,17,18). The minimum absolute atomic E-state index is 0.152. The first kappa shape index (κ1) is 12.1. The number of aromatic carboxylic acids is 2. The summed E-state index contributed by atoms with van der Waals surface area (Å²) >= 11 is 0. The van der Waals surface area contributed by atoms with Crippen molar-refractivity contribution < 1.29 is 19.8 Å². The van der Waals surface area contributed by atoms with Crippen LogP contribution in [0.1, 0.15) is 46.3 Å². The number of carboxylic acid groups (broad SMARTS) is 2. The Balaban J connectivity index is 2.72. The van der Waals surface area contributed by atoms with E-state index in [1.165, 1.54) is 12.1 Å². The largest absolute Gasteiger partial charge is 0.478 e. The Labute approximate surface area is 102 Å². The molecule has 1 aromatic heterocycles. The molecule has 0 atom stereocenters. The maximum Gasteiger partial charge on any atom is 0.336 e. The molecule has 6 nitrogen and oxygen atoms in total. The normalized spacial score (nSPS) is 11.1. The molecule has 0 aliphatic carbocycles. The van der Waals surface area contributed by atoms with Crippen molar-refractivity contribution in [2.45, 2.75) is 19.8 Å². The van der Waals surface area contributed by atoms with Gasteiger partial charge in [-0.05, 0) is 12.1 Å². The number of rotatable bonds is 3. The molecule has 0 spiro atoms. The molecule has 0 amide bonds. The number of carboxylic acids is 2. The van der Waals surface area contributed by atoms with Crippen LogP contribution in [0.25, 0.3) is 11.0 Å². The van der Waals surface area contributed by atoms with Crippen LogP contribution in [0.4, 0.5) is 0 Å². The topological polar surface area (TPSA) is 103 Å². The van der Waals surface area contributed by atoms with Crippen molar-refractivity contribution in [2.75, 3.05) is 0 Å². The fourth-order valence-electron chi connectivity index (χ4n) is 1.70. The fourth-order valence-corrected chi connectivity index (χ4v) is 1.70. The van der Waals surface area contributed by atoms with Crippen molar-refractivity contribution in [1.82, 2.24) is 9.97 Å². The van der Waals surface area contributed by atoms with Crippen LogP contribution in [0.5, 0.6) is 0 Å². The summed E-state index contributed by atoms with van der Waals surface area (Å²) in [4.78, 5) is 29.3. The lowest BCUT2D eigenvalue weighted by Gasteiger charge is -2.00. The molecule has 0 radical (unpaired) electrons. The Morgan fingerprint density at radius 1 is 1.17 bits per heavy atom. The zero-order chi connectivity index (χ0) is 13.4. The highest BCUT2D eigenvalue weighted by Gasteiger charge is 2.19. The molecule has 1 aromatic carbocycles. The van der Waals surface area contributed by atoms with E-state index in [9.17, 15) is 9.59 Å². The lowest BCUT2D eigenvalue weighted by molar-refractivity contribution is 0.0652. The van der Waals surface area contributed by atoms with Crippen LogP contribution in [0.2, 0.25) is 0 Å². The van der Waals surface area contributed by atoms with E-state index in [0.29, 0.717) is 16.9 Å². The summed E-state index contributed by atoms with van der Waals surface area (Å²) in [5, 5.41) is 18.0. The molecule has 0 aliphatic heterocycles. The molecule has 0 bridgehead atoms. The van der Waals surface area contributed by atoms with E-state index in [2.05, 4.69) is 9.97 Å². The third-order valence-corrected chi connectivity index (χ3v) is 2.65. The second kappa shape index (κ2) is 4.14. The molecule has 3 N–H and O–H groups in total. The van der Waals surface area contributed by atoms with Crippen LogP contribution >= 0.6 is 0 Å². The highest BCUT2D eigenvalue weighted by molar-refractivity contribution is 6.05. The van der Waals surface area contributed by atoms with Gasteiger partial charge in [0.2, 0.25) is 0 Å². The van der Waals surface area contributed by atoms with Crippen LogP contribution in [0.15, 0.2) is 12.1 Å². The van der Waals surface area contributed by atoms with Crippen molar-refractivity contribution in [1.29, 1.82) is 0 Å². The van der Waals surface area contributed by atoms with Gasteiger partial charge in [0.15, 0.2) is 0 Å². The minimum atomic E-state index is -1.27. The summed E-state index contributed by atoms with van der Waals surface area (Å²) in [6.07, 6.45) is 0. The second-order valence-electron chi connectivity index (χ2n) is 4.30. The van der Waals surface area contributed by atoms with Gasteiger partial charge in [-0.25, -0.2) is 14.6 Å². The fraction of sp³-hybridized carbons (Fsp3) is 0.250. The van der Waals surface area contributed by atoms with E-state index in [4.69, 9.17) is 10.2 Å². The number of carbonyl (C=O) groups is 2. The van der Waals surface area contributed by atoms with E-state index in [-0.39, 0.29) is 17.0 Å². The van der Waals surface area contributed by atoms with Crippen LogP contribution in [-0.2, 0) is 0 Å². The van der Waals surface area contributed by atoms with Gasteiger partial charge in [-0.1, -0.05) is 13.8 Å². The quantitative estimate of drug-likeness (QED) is 0.771. The molecule has 0 saturated heterocycles. The van der Waals surface area contributed by atoms with Crippen molar-refractivity contribution in [3.05, 3.63) is 29.1 Å². The highest BCUT2D eigenvalue weighted by Crippen LogP contribution is 2.21. The van der Waals surface area contributed by atoms with E-state index in [0.717, 1.165) is 0 Å². The Morgan fingerprint density at radius 3 is 2.22 bits per heavy atom. The lowest BCUT2D eigenvalue weighted by atomic mass is 10.1. The van der Waals surface area contributed by atoms with E-state index >= 15 is 0 Å². The summed E-state index contributed by atoms with van der Waals surface area (Å²) in [5.41, 5.74) is 0.493. The molecule has 2 rings (SSSR count). The molecule has 18 heavy (non-hydrogen) atoms. The first-order valence-corrected chi connectivity index (χ1v) is 5.40. The first-order chi connectivity index (χ1) is 8.40. The molecule has 0 aliphatic rings. The first-order valence-electron chi connectivity index (χ1n) is 5.40. The molecule has 94 valence electrons. The highest BCUT2D eigenvalue weighted by atomic mass is 16.4. The molecule has 0 unspecified atom stereocenters. The molecule has 1 heterocycles. The lowest BCUT2D eigenvalue weighted by Crippen LogP contribution is -2.07. The number of H-pyrrole nitrogens is 1. The number of nitrogens with zero attached hydrogens (tertiary/aromatic N) is 1. The number of hydrogen-bond acceptors (Lipinski definition) is 3. The Hall–Kier alpha value is -2.37. The number of fused-ring (bicyclic) bond motifs is 1. The van der Waals surface area contributed by atoms with Crippen molar-refractivity contribution in [3.63, 3.8) is 0 Å². The molecule has 6 heteroatoms. The summed E-state index contributed by atoms with van der Waals surface area (Å²) < 4.78 is 0. The molecule has 0 saturated carbocycles. The second-order valence-corrected chi connectivity index (χ2v) is 4.30. The number of aromatic nitrogens is 2. The summed E-state index contributed by atoms with van der Waals surface area (Å²) in [7, 11) is 0. The van der Waals surface area contributed by atoms with Gasteiger partial charge >= 0.3 is 11.9 Å². The van der Waals surface area contributed by atoms with Crippen LogP contribution in [-0.4, -0.2) is 32.1 Å². The number of aromatic amines is 1. The maximum atomic E-state index is 11.0. The van der Waals surface area contributed by atoms with Crippen LogP contribution < -0.4 is 0 Å². The van der Waals surface area contributed by atoms with Crippen molar-refractivity contribution in [3.8, 4) is 0 Å². The average Bonchev–Trinajstić information content (AvgIpc) is 2.69. The van der Waals surface area contributed by atoms with Gasteiger partial charge in [0.1, 0.15) is 5.82 Å². The number of hydrogen-bond donors (Lipinski definition) is 3. The van der Waals surface area contributed by atoms with Crippen LogP contribution in [0.3, 0.4) is 0 Å². The summed E-state index contributed by atoms with van der Waals surface area (Å²) in [5.74, 6) is -1.69. The van der Waals surface area contributed by atoms with Gasteiger partial charge in [-0.15, -0.1) is 0 Å². The van der Waals surface area contributed by atoms with Gasteiger partial charge in [0, 0.05) is 5.92 Å². The predicted octanol–water partition coefficient (Wildman–Crippen LogP) is 2.08. The average molecular weight is 248 g/mol. The summed E-state index contributed by atoms with van der Waals surface area (Å²) in [6, 6.07) is 2.59. The molecule has 2 aromatic rings. The van der Waals surface area contributed by atoms with Gasteiger partial charge in [0.05, 0.1) is 22.2 Å². The van der Waals surface area contributed by atoms with E-state index in [1.807, 2.05) is 13.8 Å². The van der Waals surface area contributed by atoms with Gasteiger partial charge in [-0.3, -0.25) is 0 Å². The third-order valence-electron chi connectivity index (χ3n) is 2.65. The van der Waals surface area contributed by atoms with E-state index in [1.54, 1.807) is 0 Å². The number of nitrogens with one attached hydrogen (secondary N) is 1. The predicted molar refractivity (Wildman–Crippen MR) is 64.1 cm³/mol. The molecular formula is C12H12N2O4. The molecule has 0 fully saturated rings. The van der Waals surface area contributed by atoms with Gasteiger partial charge in [-0.2, -0.15) is 0 Å². The zero-order valence-electron chi connectivity index (χ0n) is 9.89. The van der Waals surface area contributed by atoms with Crippen LogP contribution in [0, 0.1) is 0 Å². The summed E-state index contributed by atoms with van der Waals surface area (Å²) in [6.45, 7) is 3.88. The Kier molecular flexibility index (Phi) is 2.78. The smallest absolute Gasteiger partial charge is 0.336 e. The van der Waals surface area contributed by atoms with Crippen molar-refractivity contribution in [2.24, 2.45) is 0 Å². The Morgan fingerprint density at radius 2 is 1.72 bits per heavy atom. The monoisotopic (exact) mass is 248 g/mol.